The molecule has 0 saturated carbocycles. The number of nitrogens with one attached hydrogen (secondary N) is 1. The molecule has 1 aliphatic heterocycles. The molecule has 4 aromatic rings. The fraction of sp³-hybridized carbons (Fsp3) is 0.333. The number of hydrogen-bond acceptors (Lipinski definition) is 8. The Balaban J connectivity index is 1.37. The van der Waals surface area contributed by atoms with E-state index < -0.39 is 0 Å². The number of aliphatic hydroxyl groups is 1. The number of aliphatic hydroxyl groups excluding tert-OH is 1. The summed E-state index contributed by atoms with van der Waals surface area (Å²) in [7, 11) is 3.28. The van der Waals surface area contributed by atoms with Gasteiger partial charge in [0, 0.05) is 55.1 Å². The predicted molar refractivity (Wildman–Crippen MR) is 147 cm³/mol. The van der Waals surface area contributed by atoms with Crippen molar-refractivity contribution in [1.82, 2.24) is 19.5 Å². The Kier molecular flexibility index (Phi) is 7.36. The summed E-state index contributed by atoms with van der Waals surface area (Å²) >= 11 is 6.16. The van der Waals surface area contributed by atoms with Crippen LogP contribution in [-0.2, 0) is 0 Å². The van der Waals surface area contributed by atoms with Gasteiger partial charge in [0.25, 0.3) is 0 Å². The van der Waals surface area contributed by atoms with Crippen LogP contribution >= 0.6 is 11.6 Å². The standard InChI is InChI=1S/C27H31ClN6O3/c1-18(35)17-32-10-12-33(13-11-32)20-5-8-23(26(15-20)37-3)30-27-29-16-21-6-9-24(34(21)31-27)22-7-4-19(28)14-25(22)36-2/h4-9,14-16,18,35H,10-13,17H2,1-3H3,(H,30,31). The zero-order chi connectivity index (χ0) is 25.9. The SMILES string of the molecule is COc1cc(N2CCN(CC(C)O)CC2)ccc1Nc1ncc2ccc(-c3ccc(Cl)cc3OC)n2n1. The Morgan fingerprint density at radius 1 is 1.00 bits per heavy atom. The molecule has 0 aliphatic carbocycles. The molecule has 1 atom stereocenters. The second-order valence-corrected chi connectivity index (χ2v) is 9.56. The maximum Gasteiger partial charge on any atom is 0.245 e. The van der Waals surface area contributed by atoms with Gasteiger partial charge in [0.2, 0.25) is 5.95 Å². The highest BCUT2D eigenvalue weighted by atomic mass is 35.5. The molecule has 5 rings (SSSR count). The fourth-order valence-corrected chi connectivity index (χ4v) is 4.86. The maximum atomic E-state index is 9.66. The minimum atomic E-state index is -0.311. The number of fused-ring (bicyclic) bond motifs is 1. The van der Waals surface area contributed by atoms with Crippen LogP contribution in [0.3, 0.4) is 0 Å². The van der Waals surface area contributed by atoms with Crippen LogP contribution in [0.1, 0.15) is 6.92 Å². The molecular weight excluding hydrogens is 492 g/mol. The van der Waals surface area contributed by atoms with Gasteiger partial charge in [-0.05, 0) is 49.4 Å². The molecule has 3 heterocycles. The fourth-order valence-electron chi connectivity index (χ4n) is 4.70. The summed E-state index contributed by atoms with van der Waals surface area (Å²) in [5, 5.41) is 18.3. The summed E-state index contributed by atoms with van der Waals surface area (Å²) in [6, 6.07) is 15.6. The number of aromatic nitrogens is 3. The van der Waals surface area contributed by atoms with E-state index in [1.807, 2.05) is 47.8 Å². The average molecular weight is 523 g/mol. The van der Waals surface area contributed by atoms with Crippen LogP contribution in [0.15, 0.2) is 54.7 Å². The number of β-amino-alcohol motifs (C(OH)–C–C–N with tert-alkyl or cyclic N) is 1. The van der Waals surface area contributed by atoms with Crippen molar-refractivity contribution in [3.8, 4) is 22.8 Å². The number of benzene rings is 2. The topological polar surface area (TPSA) is 87.4 Å². The van der Waals surface area contributed by atoms with Gasteiger partial charge in [0.1, 0.15) is 11.5 Å². The van der Waals surface area contributed by atoms with Crippen molar-refractivity contribution in [3.05, 3.63) is 59.8 Å². The van der Waals surface area contributed by atoms with E-state index in [0.29, 0.717) is 29.0 Å². The van der Waals surface area contributed by atoms with E-state index in [1.165, 1.54) is 0 Å². The normalized spacial score (nSPS) is 15.1. The highest BCUT2D eigenvalue weighted by Gasteiger charge is 2.20. The van der Waals surface area contributed by atoms with Gasteiger partial charge in [-0.25, -0.2) is 9.50 Å². The van der Waals surface area contributed by atoms with Gasteiger partial charge in [0.05, 0.1) is 43.4 Å². The monoisotopic (exact) mass is 522 g/mol. The van der Waals surface area contributed by atoms with E-state index in [2.05, 4.69) is 26.2 Å². The lowest BCUT2D eigenvalue weighted by molar-refractivity contribution is 0.122. The Morgan fingerprint density at radius 3 is 2.51 bits per heavy atom. The number of anilines is 3. The molecule has 0 bridgehead atoms. The van der Waals surface area contributed by atoms with Gasteiger partial charge in [-0.3, -0.25) is 4.90 Å². The van der Waals surface area contributed by atoms with Crippen LogP contribution in [0.4, 0.5) is 17.3 Å². The Labute approximate surface area is 221 Å². The highest BCUT2D eigenvalue weighted by molar-refractivity contribution is 6.30. The van der Waals surface area contributed by atoms with Gasteiger partial charge in [-0.15, -0.1) is 5.10 Å². The zero-order valence-corrected chi connectivity index (χ0v) is 21.9. The number of rotatable bonds is 8. The van der Waals surface area contributed by atoms with Gasteiger partial charge >= 0.3 is 0 Å². The third-order valence-electron chi connectivity index (χ3n) is 6.53. The molecule has 0 radical (unpaired) electrons. The van der Waals surface area contributed by atoms with Crippen LogP contribution < -0.4 is 19.7 Å². The molecule has 2 aromatic heterocycles. The van der Waals surface area contributed by atoms with E-state index in [9.17, 15) is 5.11 Å². The molecule has 1 fully saturated rings. The highest BCUT2D eigenvalue weighted by Crippen LogP contribution is 2.34. The first-order chi connectivity index (χ1) is 17.9. The summed E-state index contributed by atoms with van der Waals surface area (Å²) in [6.45, 7) is 6.16. The number of nitrogens with zero attached hydrogens (tertiary/aromatic N) is 5. The van der Waals surface area contributed by atoms with Gasteiger partial charge in [-0.2, -0.15) is 0 Å². The molecule has 2 aromatic carbocycles. The molecular formula is C27H31ClN6O3. The van der Waals surface area contributed by atoms with Crippen molar-refractivity contribution in [2.45, 2.75) is 13.0 Å². The number of hydrogen-bond donors (Lipinski definition) is 2. The number of halogens is 1. The minimum absolute atomic E-state index is 0.311. The molecule has 9 nitrogen and oxygen atoms in total. The summed E-state index contributed by atoms with van der Waals surface area (Å²) in [5.41, 5.74) is 4.47. The quantitative estimate of drug-likeness (QED) is 0.354. The molecule has 0 amide bonds. The largest absolute Gasteiger partial charge is 0.496 e. The second kappa shape index (κ2) is 10.8. The maximum absolute atomic E-state index is 9.66. The van der Waals surface area contributed by atoms with Crippen molar-refractivity contribution < 1.29 is 14.6 Å². The van der Waals surface area contributed by atoms with Crippen LogP contribution in [0.25, 0.3) is 16.8 Å². The van der Waals surface area contributed by atoms with Crippen LogP contribution in [0, 0.1) is 0 Å². The lowest BCUT2D eigenvalue weighted by Crippen LogP contribution is -2.48. The third kappa shape index (κ3) is 5.44. The Hall–Kier alpha value is -3.53. The summed E-state index contributed by atoms with van der Waals surface area (Å²) < 4.78 is 13.1. The van der Waals surface area contributed by atoms with Gasteiger partial charge < -0.3 is 24.8 Å². The second-order valence-electron chi connectivity index (χ2n) is 9.13. The lowest BCUT2D eigenvalue weighted by Gasteiger charge is -2.36. The van der Waals surface area contributed by atoms with E-state index in [1.54, 1.807) is 26.5 Å². The Morgan fingerprint density at radius 2 is 1.78 bits per heavy atom. The number of methoxy groups -OCH3 is 2. The minimum Gasteiger partial charge on any atom is -0.496 e. The van der Waals surface area contributed by atoms with Gasteiger partial charge in [0.15, 0.2) is 0 Å². The molecule has 1 aliphatic rings. The molecule has 1 unspecified atom stereocenters. The van der Waals surface area contributed by atoms with Crippen molar-refractivity contribution in [2.24, 2.45) is 0 Å². The van der Waals surface area contributed by atoms with Crippen LogP contribution in [0.5, 0.6) is 11.5 Å². The van der Waals surface area contributed by atoms with Crippen molar-refractivity contribution in [1.29, 1.82) is 0 Å². The zero-order valence-electron chi connectivity index (χ0n) is 21.2. The van der Waals surface area contributed by atoms with Crippen molar-refractivity contribution >= 4 is 34.4 Å². The first-order valence-corrected chi connectivity index (χ1v) is 12.6. The van der Waals surface area contributed by atoms with E-state index in [0.717, 1.165) is 54.3 Å². The van der Waals surface area contributed by atoms with Gasteiger partial charge in [-0.1, -0.05) is 11.6 Å². The third-order valence-corrected chi connectivity index (χ3v) is 6.76. The summed E-state index contributed by atoms with van der Waals surface area (Å²) in [5.74, 6) is 1.82. The molecule has 0 spiro atoms. The van der Waals surface area contributed by atoms with E-state index in [4.69, 9.17) is 26.2 Å². The van der Waals surface area contributed by atoms with E-state index in [-0.39, 0.29) is 6.10 Å². The Bertz CT molecular complexity index is 1380. The smallest absolute Gasteiger partial charge is 0.245 e. The average Bonchev–Trinajstić information content (AvgIpc) is 3.32. The summed E-state index contributed by atoms with van der Waals surface area (Å²) in [6.07, 6.45) is 1.46. The van der Waals surface area contributed by atoms with Crippen molar-refractivity contribution in [2.75, 3.05) is 57.2 Å². The molecule has 2 N–H and O–H groups in total. The number of piperazine rings is 1. The van der Waals surface area contributed by atoms with E-state index >= 15 is 0 Å². The lowest BCUT2D eigenvalue weighted by atomic mass is 10.1. The van der Waals surface area contributed by atoms with Crippen molar-refractivity contribution in [3.63, 3.8) is 0 Å². The number of ether oxygens (including phenoxy) is 2. The molecule has 10 heteroatoms. The summed E-state index contributed by atoms with van der Waals surface area (Å²) in [4.78, 5) is 9.12. The van der Waals surface area contributed by atoms with Crippen LogP contribution in [0.2, 0.25) is 5.02 Å². The molecule has 37 heavy (non-hydrogen) atoms. The molecule has 1 saturated heterocycles. The predicted octanol–water partition coefficient (Wildman–Crippen LogP) is 4.31. The first-order valence-electron chi connectivity index (χ1n) is 12.2. The van der Waals surface area contributed by atoms with Crippen LogP contribution in [-0.4, -0.2) is 77.7 Å². The first kappa shape index (κ1) is 25.1. The molecule has 194 valence electrons.